The van der Waals surface area contributed by atoms with Crippen LogP contribution in [-0.4, -0.2) is 47.5 Å². The number of hydrogen-bond donors (Lipinski definition) is 1. The molecule has 0 radical (unpaired) electrons. The van der Waals surface area contributed by atoms with E-state index in [1.54, 1.807) is 11.0 Å². The molecule has 3 heterocycles. The van der Waals surface area contributed by atoms with E-state index in [0.717, 1.165) is 74.8 Å². The molecule has 0 bridgehead atoms. The second-order valence-corrected chi connectivity index (χ2v) is 8.00. The molecule has 1 saturated carbocycles. The Labute approximate surface area is 163 Å². The van der Waals surface area contributed by atoms with Crippen LogP contribution in [-0.2, 0) is 10.3 Å². The minimum absolute atomic E-state index is 0.0241. The number of likely N-dealkylation sites (tertiary alicyclic amines) is 1. The van der Waals surface area contributed by atoms with Crippen molar-refractivity contribution in [1.29, 1.82) is 0 Å². The molecule has 1 amide bonds. The van der Waals surface area contributed by atoms with Gasteiger partial charge in [-0.25, -0.2) is 9.67 Å². The van der Waals surface area contributed by atoms with E-state index >= 15 is 0 Å². The number of para-hydroxylation sites is 2. The molecule has 1 atom stereocenters. The average Bonchev–Trinajstić information content (AvgIpc) is 3.44. The zero-order valence-electron chi connectivity index (χ0n) is 15.9. The summed E-state index contributed by atoms with van der Waals surface area (Å²) in [6.45, 7) is 0.754. The molecule has 8 nitrogen and oxygen atoms in total. The highest BCUT2D eigenvalue weighted by Gasteiger charge is 2.47. The van der Waals surface area contributed by atoms with Gasteiger partial charge in [-0.1, -0.05) is 31.4 Å². The van der Waals surface area contributed by atoms with Crippen molar-refractivity contribution in [3.63, 3.8) is 0 Å². The van der Waals surface area contributed by atoms with Gasteiger partial charge < -0.3 is 9.88 Å². The van der Waals surface area contributed by atoms with Gasteiger partial charge in [-0.3, -0.25) is 4.79 Å². The molecule has 1 aromatic carbocycles. The monoisotopic (exact) mass is 379 g/mol. The number of aromatic nitrogens is 6. The maximum Gasteiger partial charge on any atom is 0.251 e. The highest BCUT2D eigenvalue weighted by atomic mass is 16.2. The van der Waals surface area contributed by atoms with Crippen LogP contribution in [0.25, 0.3) is 11.0 Å². The van der Waals surface area contributed by atoms with Crippen molar-refractivity contribution >= 4 is 16.9 Å². The second kappa shape index (κ2) is 7.00. The normalized spacial score (nSPS) is 22.4. The van der Waals surface area contributed by atoms with Crippen molar-refractivity contribution in [2.75, 3.05) is 6.54 Å². The molecule has 5 rings (SSSR count). The number of aromatic amines is 1. The van der Waals surface area contributed by atoms with Crippen LogP contribution in [0.15, 0.2) is 30.6 Å². The van der Waals surface area contributed by atoms with E-state index < -0.39 is 5.54 Å². The molecule has 1 N–H and O–H groups in total. The number of carbonyl (C=O) groups is 1. The molecule has 2 fully saturated rings. The van der Waals surface area contributed by atoms with Crippen molar-refractivity contribution < 1.29 is 4.79 Å². The Hall–Kier alpha value is -2.77. The van der Waals surface area contributed by atoms with Crippen LogP contribution in [0.2, 0.25) is 0 Å². The number of fused-ring (bicyclic) bond motifs is 1. The molecule has 2 aliphatic rings. The van der Waals surface area contributed by atoms with Crippen molar-refractivity contribution in [3.8, 4) is 0 Å². The van der Waals surface area contributed by atoms with Crippen LogP contribution in [0, 0.1) is 0 Å². The van der Waals surface area contributed by atoms with E-state index in [-0.39, 0.29) is 11.9 Å². The average molecular weight is 379 g/mol. The summed E-state index contributed by atoms with van der Waals surface area (Å²) < 4.78 is 1.71. The van der Waals surface area contributed by atoms with Crippen LogP contribution in [0.4, 0.5) is 0 Å². The van der Waals surface area contributed by atoms with Gasteiger partial charge in [0.1, 0.15) is 17.7 Å². The van der Waals surface area contributed by atoms with E-state index in [2.05, 4.69) is 20.5 Å². The smallest absolute Gasteiger partial charge is 0.251 e. The van der Waals surface area contributed by atoms with E-state index in [1.807, 2.05) is 29.2 Å². The van der Waals surface area contributed by atoms with Crippen LogP contribution < -0.4 is 0 Å². The third kappa shape index (κ3) is 2.78. The van der Waals surface area contributed by atoms with Gasteiger partial charge in [0.2, 0.25) is 0 Å². The lowest BCUT2D eigenvalue weighted by Crippen LogP contribution is -2.54. The number of benzene rings is 1. The third-order valence-electron chi connectivity index (χ3n) is 6.35. The lowest BCUT2D eigenvalue weighted by molar-refractivity contribution is -0.148. The van der Waals surface area contributed by atoms with Gasteiger partial charge in [0.05, 0.1) is 17.1 Å². The Bertz CT molecular complexity index is 925. The molecule has 2 aromatic heterocycles. The zero-order chi connectivity index (χ0) is 19.0. The number of imidazole rings is 1. The number of nitrogens with one attached hydrogen (secondary N) is 1. The molecular formula is C20H25N7O. The highest BCUT2D eigenvalue weighted by Crippen LogP contribution is 2.40. The molecular weight excluding hydrogens is 354 g/mol. The van der Waals surface area contributed by atoms with Gasteiger partial charge in [-0.05, 0) is 54.7 Å². The Morgan fingerprint density at radius 2 is 1.96 bits per heavy atom. The molecule has 0 spiro atoms. The molecule has 0 unspecified atom stereocenters. The van der Waals surface area contributed by atoms with E-state index in [4.69, 9.17) is 4.98 Å². The first-order valence-corrected chi connectivity index (χ1v) is 10.3. The molecule has 1 aliphatic carbocycles. The fourth-order valence-electron chi connectivity index (χ4n) is 4.89. The Morgan fingerprint density at radius 1 is 1.11 bits per heavy atom. The number of amides is 1. The van der Waals surface area contributed by atoms with Crippen molar-refractivity contribution in [2.45, 2.75) is 62.9 Å². The summed E-state index contributed by atoms with van der Waals surface area (Å²) in [7, 11) is 0. The Balaban J connectivity index is 1.52. The standard InChI is InChI=1S/C20H25N7O/c28-19(20(11-5-1-6-12-20)27-14-21-24-25-27)26-13-7-4-10-17(26)18-22-15-8-2-3-9-16(15)23-18/h2-3,8-9,14,17H,1,4-7,10-13H2,(H,22,23)/t17-/m0/s1. The summed E-state index contributed by atoms with van der Waals surface area (Å²) in [5.41, 5.74) is 1.30. The number of carbonyl (C=O) groups excluding carboxylic acids is 1. The van der Waals surface area contributed by atoms with Crippen molar-refractivity contribution in [2.24, 2.45) is 0 Å². The van der Waals surface area contributed by atoms with Crippen molar-refractivity contribution in [1.82, 2.24) is 35.1 Å². The SMILES string of the molecule is O=C(N1CCCC[C@H]1c1nc2ccccc2[nH]1)C1(n2cnnn2)CCCCC1. The first-order valence-electron chi connectivity index (χ1n) is 10.3. The molecule has 146 valence electrons. The molecule has 1 aliphatic heterocycles. The first kappa shape index (κ1) is 17.3. The zero-order valence-corrected chi connectivity index (χ0v) is 15.9. The number of tetrazole rings is 1. The van der Waals surface area contributed by atoms with Gasteiger partial charge in [-0.15, -0.1) is 5.10 Å². The molecule has 28 heavy (non-hydrogen) atoms. The topological polar surface area (TPSA) is 92.6 Å². The van der Waals surface area contributed by atoms with Crippen LogP contribution >= 0.6 is 0 Å². The van der Waals surface area contributed by atoms with Crippen LogP contribution in [0.3, 0.4) is 0 Å². The maximum atomic E-state index is 13.9. The molecule has 3 aromatic rings. The van der Waals surface area contributed by atoms with E-state index in [1.165, 1.54) is 0 Å². The van der Waals surface area contributed by atoms with Gasteiger partial charge in [-0.2, -0.15) is 0 Å². The minimum Gasteiger partial charge on any atom is -0.340 e. The predicted molar refractivity (Wildman–Crippen MR) is 103 cm³/mol. The fraction of sp³-hybridized carbons (Fsp3) is 0.550. The summed E-state index contributed by atoms with van der Waals surface area (Å²) in [6, 6.07) is 8.01. The minimum atomic E-state index is -0.663. The quantitative estimate of drug-likeness (QED) is 0.755. The van der Waals surface area contributed by atoms with Gasteiger partial charge >= 0.3 is 0 Å². The highest BCUT2D eigenvalue weighted by molar-refractivity contribution is 5.85. The van der Waals surface area contributed by atoms with Crippen LogP contribution in [0.1, 0.15) is 63.2 Å². The largest absolute Gasteiger partial charge is 0.340 e. The Kier molecular flexibility index (Phi) is 4.33. The van der Waals surface area contributed by atoms with E-state index in [9.17, 15) is 4.79 Å². The summed E-state index contributed by atoms with van der Waals surface area (Å²) >= 11 is 0. The number of H-pyrrole nitrogens is 1. The maximum absolute atomic E-state index is 13.9. The van der Waals surface area contributed by atoms with Crippen molar-refractivity contribution in [3.05, 3.63) is 36.4 Å². The summed E-state index contributed by atoms with van der Waals surface area (Å²) in [5.74, 6) is 1.03. The lowest BCUT2D eigenvalue weighted by Gasteiger charge is -2.43. The summed E-state index contributed by atoms with van der Waals surface area (Å²) in [6.07, 6.45) is 9.44. The van der Waals surface area contributed by atoms with Gasteiger partial charge in [0.15, 0.2) is 0 Å². The summed E-state index contributed by atoms with van der Waals surface area (Å²) in [4.78, 5) is 24.2. The predicted octanol–water partition coefficient (Wildman–Crippen LogP) is 2.96. The first-order chi connectivity index (χ1) is 13.8. The number of hydrogen-bond acceptors (Lipinski definition) is 5. The van der Waals surface area contributed by atoms with Gasteiger partial charge in [0.25, 0.3) is 5.91 Å². The number of rotatable bonds is 3. The number of piperidine rings is 1. The number of nitrogens with zero attached hydrogens (tertiary/aromatic N) is 6. The summed E-state index contributed by atoms with van der Waals surface area (Å²) in [5, 5.41) is 11.8. The fourth-order valence-corrected chi connectivity index (χ4v) is 4.89. The molecule has 8 heteroatoms. The molecule has 1 saturated heterocycles. The lowest BCUT2D eigenvalue weighted by atomic mass is 9.79. The second-order valence-electron chi connectivity index (χ2n) is 8.00. The third-order valence-corrected chi connectivity index (χ3v) is 6.35. The van der Waals surface area contributed by atoms with E-state index in [0.29, 0.717) is 0 Å². The van der Waals surface area contributed by atoms with Crippen LogP contribution in [0.5, 0.6) is 0 Å². The Morgan fingerprint density at radius 3 is 2.75 bits per heavy atom. The van der Waals surface area contributed by atoms with Gasteiger partial charge in [0, 0.05) is 6.54 Å².